The highest BCUT2D eigenvalue weighted by atomic mass is 19.2. The van der Waals surface area contributed by atoms with Crippen molar-refractivity contribution in [1.82, 2.24) is 5.32 Å². The van der Waals surface area contributed by atoms with Gasteiger partial charge in [0.1, 0.15) is 0 Å². The van der Waals surface area contributed by atoms with Gasteiger partial charge in [-0.1, -0.05) is 6.07 Å². The minimum Gasteiger partial charge on any atom is -0.376 e. The van der Waals surface area contributed by atoms with Gasteiger partial charge < -0.3 is 10.1 Å². The third-order valence-corrected chi connectivity index (χ3v) is 2.96. The molecule has 1 atom stereocenters. The average molecular weight is 255 g/mol. The van der Waals surface area contributed by atoms with Crippen molar-refractivity contribution in [1.29, 1.82) is 0 Å². The molecule has 18 heavy (non-hydrogen) atoms. The van der Waals surface area contributed by atoms with Crippen molar-refractivity contribution >= 4 is 5.91 Å². The fourth-order valence-electron chi connectivity index (χ4n) is 1.95. The monoisotopic (exact) mass is 255 g/mol. The molecule has 0 aliphatic carbocycles. The minimum atomic E-state index is -1.11. The molecule has 1 unspecified atom stereocenters. The van der Waals surface area contributed by atoms with Crippen LogP contribution in [0.4, 0.5) is 8.78 Å². The quantitative estimate of drug-likeness (QED) is 0.899. The zero-order valence-electron chi connectivity index (χ0n) is 9.92. The van der Waals surface area contributed by atoms with E-state index in [0.717, 1.165) is 25.3 Å². The predicted molar refractivity (Wildman–Crippen MR) is 62.3 cm³/mol. The third kappa shape index (κ3) is 3.04. The van der Waals surface area contributed by atoms with E-state index in [9.17, 15) is 13.6 Å². The molecule has 1 amide bonds. The van der Waals surface area contributed by atoms with E-state index in [1.54, 1.807) is 0 Å². The van der Waals surface area contributed by atoms with E-state index < -0.39 is 17.5 Å². The maximum absolute atomic E-state index is 13.4. The molecule has 0 aromatic heterocycles. The molecule has 1 aliphatic heterocycles. The minimum absolute atomic E-state index is 0.0284. The fraction of sp³-hybridized carbons (Fsp3) is 0.462. The number of benzene rings is 1. The molecule has 1 N–H and O–H groups in total. The van der Waals surface area contributed by atoms with Crippen molar-refractivity contribution in [3.63, 3.8) is 0 Å². The first-order valence-electron chi connectivity index (χ1n) is 6.02. The van der Waals surface area contributed by atoms with Gasteiger partial charge >= 0.3 is 0 Å². The molecule has 1 saturated heterocycles. The summed E-state index contributed by atoms with van der Waals surface area (Å²) in [6.07, 6.45) is 2.95. The Kier molecular flexibility index (Phi) is 4.25. The molecule has 2 rings (SSSR count). The smallest absolute Gasteiger partial charge is 0.254 e. The van der Waals surface area contributed by atoms with Gasteiger partial charge in [0, 0.05) is 13.2 Å². The Morgan fingerprint density at radius 3 is 2.94 bits per heavy atom. The topological polar surface area (TPSA) is 38.3 Å². The summed E-state index contributed by atoms with van der Waals surface area (Å²) in [5, 5.41) is 2.57. The Morgan fingerprint density at radius 1 is 1.39 bits per heavy atom. The third-order valence-electron chi connectivity index (χ3n) is 2.96. The van der Waals surface area contributed by atoms with E-state index in [-0.39, 0.29) is 11.7 Å². The molecule has 1 aromatic rings. The maximum Gasteiger partial charge on any atom is 0.254 e. The van der Waals surface area contributed by atoms with Gasteiger partial charge in [0.15, 0.2) is 11.6 Å². The standard InChI is InChI=1S/C13H15F2NO2/c14-11-6-3-5-10(12(11)15)13(17)16-8-9-4-1-2-7-18-9/h3,5-6,9H,1-2,4,7-8H2,(H,16,17). The fourth-order valence-corrected chi connectivity index (χ4v) is 1.95. The normalized spacial score (nSPS) is 19.6. The van der Waals surface area contributed by atoms with E-state index in [0.29, 0.717) is 13.2 Å². The Labute approximate surface area is 104 Å². The number of nitrogens with one attached hydrogen (secondary N) is 1. The summed E-state index contributed by atoms with van der Waals surface area (Å²) in [4.78, 5) is 11.7. The van der Waals surface area contributed by atoms with Crippen molar-refractivity contribution in [3.8, 4) is 0 Å². The summed E-state index contributed by atoms with van der Waals surface area (Å²) in [7, 11) is 0. The molecular formula is C13H15F2NO2. The van der Waals surface area contributed by atoms with Crippen LogP contribution >= 0.6 is 0 Å². The highest BCUT2D eigenvalue weighted by Gasteiger charge is 2.18. The van der Waals surface area contributed by atoms with Crippen molar-refractivity contribution in [2.45, 2.75) is 25.4 Å². The molecule has 0 saturated carbocycles. The molecule has 1 fully saturated rings. The van der Waals surface area contributed by atoms with Gasteiger partial charge in [-0.25, -0.2) is 8.78 Å². The molecule has 0 spiro atoms. The van der Waals surface area contributed by atoms with Gasteiger partial charge in [-0.15, -0.1) is 0 Å². The Morgan fingerprint density at radius 2 is 2.22 bits per heavy atom. The Balaban J connectivity index is 1.93. The van der Waals surface area contributed by atoms with E-state index in [1.807, 2.05) is 0 Å². The Hall–Kier alpha value is -1.49. The van der Waals surface area contributed by atoms with Crippen molar-refractivity contribution in [3.05, 3.63) is 35.4 Å². The molecule has 98 valence electrons. The summed E-state index contributed by atoms with van der Waals surface area (Å²) in [5.41, 5.74) is -0.272. The number of hydrogen-bond acceptors (Lipinski definition) is 2. The number of hydrogen-bond donors (Lipinski definition) is 1. The van der Waals surface area contributed by atoms with E-state index >= 15 is 0 Å². The number of halogens is 2. The van der Waals surface area contributed by atoms with Crippen molar-refractivity contribution in [2.24, 2.45) is 0 Å². The van der Waals surface area contributed by atoms with Gasteiger partial charge in [0.25, 0.3) is 5.91 Å². The molecule has 1 aromatic carbocycles. The average Bonchev–Trinajstić information content (AvgIpc) is 2.40. The Bertz CT molecular complexity index is 431. The zero-order valence-corrected chi connectivity index (χ0v) is 9.92. The van der Waals surface area contributed by atoms with Crippen LogP contribution in [0.1, 0.15) is 29.6 Å². The predicted octanol–water partition coefficient (Wildman–Crippen LogP) is 2.26. The van der Waals surface area contributed by atoms with Crippen LogP contribution in [-0.2, 0) is 4.74 Å². The second-order valence-electron chi connectivity index (χ2n) is 4.30. The summed E-state index contributed by atoms with van der Waals surface area (Å²) >= 11 is 0. The molecule has 0 radical (unpaired) electrons. The van der Waals surface area contributed by atoms with Gasteiger partial charge in [0.05, 0.1) is 11.7 Å². The molecule has 3 nitrogen and oxygen atoms in total. The lowest BCUT2D eigenvalue weighted by molar-refractivity contribution is 0.0168. The summed E-state index contributed by atoms with van der Waals surface area (Å²) < 4.78 is 31.7. The number of carbonyl (C=O) groups is 1. The lowest BCUT2D eigenvalue weighted by atomic mass is 10.1. The number of rotatable bonds is 3. The first-order chi connectivity index (χ1) is 8.68. The van der Waals surface area contributed by atoms with Crippen LogP contribution in [-0.4, -0.2) is 25.2 Å². The second kappa shape index (κ2) is 5.91. The highest BCUT2D eigenvalue weighted by molar-refractivity contribution is 5.94. The van der Waals surface area contributed by atoms with Crippen LogP contribution in [0.2, 0.25) is 0 Å². The van der Waals surface area contributed by atoms with Crippen LogP contribution in [0.15, 0.2) is 18.2 Å². The number of carbonyl (C=O) groups excluding carboxylic acids is 1. The van der Waals surface area contributed by atoms with Crippen LogP contribution in [0.3, 0.4) is 0 Å². The molecule has 5 heteroatoms. The molecule has 0 bridgehead atoms. The number of ether oxygens (including phenoxy) is 1. The van der Waals surface area contributed by atoms with Gasteiger partial charge in [0.2, 0.25) is 0 Å². The van der Waals surface area contributed by atoms with Gasteiger partial charge in [-0.3, -0.25) is 4.79 Å². The summed E-state index contributed by atoms with van der Waals surface area (Å²) in [5.74, 6) is -2.74. The van der Waals surface area contributed by atoms with Crippen LogP contribution in [0.5, 0.6) is 0 Å². The summed E-state index contributed by atoms with van der Waals surface area (Å²) in [6.45, 7) is 1.02. The first kappa shape index (κ1) is 13.0. The number of amides is 1. The van der Waals surface area contributed by atoms with E-state index in [4.69, 9.17) is 4.74 Å². The first-order valence-corrected chi connectivity index (χ1v) is 6.02. The van der Waals surface area contributed by atoms with E-state index in [2.05, 4.69) is 5.32 Å². The van der Waals surface area contributed by atoms with Crippen molar-refractivity contribution in [2.75, 3.05) is 13.2 Å². The van der Waals surface area contributed by atoms with Gasteiger partial charge in [-0.05, 0) is 31.4 Å². The SMILES string of the molecule is O=C(NCC1CCCCO1)c1cccc(F)c1F. The highest BCUT2D eigenvalue weighted by Crippen LogP contribution is 2.13. The zero-order chi connectivity index (χ0) is 13.0. The van der Waals surface area contributed by atoms with Crippen LogP contribution < -0.4 is 5.32 Å². The largest absolute Gasteiger partial charge is 0.376 e. The lowest BCUT2D eigenvalue weighted by Gasteiger charge is -2.22. The van der Waals surface area contributed by atoms with Crippen LogP contribution in [0, 0.1) is 11.6 Å². The molecular weight excluding hydrogens is 240 g/mol. The van der Waals surface area contributed by atoms with Crippen LogP contribution in [0.25, 0.3) is 0 Å². The molecule has 1 aliphatic rings. The van der Waals surface area contributed by atoms with E-state index in [1.165, 1.54) is 12.1 Å². The second-order valence-corrected chi connectivity index (χ2v) is 4.30. The maximum atomic E-state index is 13.4. The molecule has 1 heterocycles. The van der Waals surface area contributed by atoms with Gasteiger partial charge in [-0.2, -0.15) is 0 Å². The van der Waals surface area contributed by atoms with Crippen molar-refractivity contribution < 1.29 is 18.3 Å². The summed E-state index contributed by atoms with van der Waals surface area (Å²) in [6, 6.07) is 3.55. The lowest BCUT2D eigenvalue weighted by Crippen LogP contribution is -2.35.